The van der Waals surface area contributed by atoms with Crippen molar-refractivity contribution in [3.63, 3.8) is 0 Å². The molecular weight excluding hydrogens is 296 g/mol. The molecule has 0 unspecified atom stereocenters. The lowest BCUT2D eigenvalue weighted by atomic mass is 10.1. The molecule has 5 heteroatoms. The Hall–Kier alpha value is -1.33. The first kappa shape index (κ1) is 13.1. The molecule has 96 valence electrons. The van der Waals surface area contributed by atoms with Crippen LogP contribution in [-0.4, -0.2) is 28.4 Å². The van der Waals surface area contributed by atoms with Crippen molar-refractivity contribution in [1.29, 1.82) is 0 Å². The number of imidazole rings is 1. The summed E-state index contributed by atoms with van der Waals surface area (Å²) in [5.74, 6) is 1.68. The van der Waals surface area contributed by atoms with Crippen molar-refractivity contribution >= 4 is 15.9 Å². The van der Waals surface area contributed by atoms with Gasteiger partial charge >= 0.3 is 0 Å². The lowest BCUT2D eigenvalue weighted by Crippen LogP contribution is -2.02. The van der Waals surface area contributed by atoms with Gasteiger partial charge < -0.3 is 14.4 Å². The normalized spacial score (nSPS) is 10.7. The second-order valence-corrected chi connectivity index (χ2v) is 4.68. The van der Waals surface area contributed by atoms with Crippen molar-refractivity contribution in [2.45, 2.75) is 6.42 Å². The molecule has 0 amide bonds. The fraction of sp³-hybridized carbons (Fsp3) is 0.308. The number of aliphatic hydroxyl groups is 1. The van der Waals surface area contributed by atoms with Gasteiger partial charge in [-0.2, -0.15) is 0 Å². The Balaban J connectivity index is 2.43. The van der Waals surface area contributed by atoms with E-state index in [4.69, 9.17) is 9.84 Å². The maximum atomic E-state index is 9.00. The molecule has 1 heterocycles. The summed E-state index contributed by atoms with van der Waals surface area (Å²) in [6.45, 7) is 0.0966. The summed E-state index contributed by atoms with van der Waals surface area (Å²) in [5, 5.41) is 9.00. The standard InChI is InChI=1S/C13H15BrN2O2/c1-16-11(7-8-17)15-13(14)12(16)9-3-5-10(18-2)6-4-9/h3-6,17H,7-8H2,1-2H3. The van der Waals surface area contributed by atoms with Gasteiger partial charge in [-0.15, -0.1) is 0 Å². The molecule has 0 spiro atoms. The molecule has 2 aromatic rings. The fourth-order valence-corrected chi connectivity index (χ4v) is 2.59. The van der Waals surface area contributed by atoms with Crippen LogP contribution in [0.3, 0.4) is 0 Å². The minimum Gasteiger partial charge on any atom is -0.497 e. The highest BCUT2D eigenvalue weighted by atomic mass is 79.9. The maximum absolute atomic E-state index is 9.00. The van der Waals surface area contributed by atoms with E-state index in [9.17, 15) is 0 Å². The van der Waals surface area contributed by atoms with Crippen molar-refractivity contribution in [3.8, 4) is 17.0 Å². The van der Waals surface area contributed by atoms with Crippen molar-refractivity contribution in [1.82, 2.24) is 9.55 Å². The molecule has 4 nitrogen and oxygen atoms in total. The number of methoxy groups -OCH3 is 1. The predicted octanol–water partition coefficient (Wildman–Crippen LogP) is 2.39. The summed E-state index contributed by atoms with van der Waals surface area (Å²) in [7, 11) is 3.59. The highest BCUT2D eigenvalue weighted by Crippen LogP contribution is 2.29. The zero-order valence-corrected chi connectivity index (χ0v) is 11.9. The number of benzene rings is 1. The highest BCUT2D eigenvalue weighted by molar-refractivity contribution is 9.10. The number of halogens is 1. The van der Waals surface area contributed by atoms with Gasteiger partial charge in [-0.3, -0.25) is 0 Å². The SMILES string of the molecule is COc1ccc(-c2c(Br)nc(CCO)n2C)cc1. The van der Waals surface area contributed by atoms with E-state index in [0.717, 1.165) is 27.4 Å². The van der Waals surface area contributed by atoms with Gasteiger partial charge in [0.15, 0.2) is 0 Å². The maximum Gasteiger partial charge on any atom is 0.132 e. The second kappa shape index (κ2) is 5.54. The first-order valence-electron chi connectivity index (χ1n) is 5.63. The molecule has 0 aliphatic heterocycles. The van der Waals surface area contributed by atoms with Gasteiger partial charge in [-0.05, 0) is 40.2 Å². The summed E-state index contributed by atoms with van der Waals surface area (Å²) >= 11 is 3.47. The quantitative estimate of drug-likeness (QED) is 0.943. The largest absolute Gasteiger partial charge is 0.497 e. The van der Waals surface area contributed by atoms with Crippen molar-refractivity contribution in [2.24, 2.45) is 7.05 Å². The van der Waals surface area contributed by atoms with Crippen LogP contribution in [0.1, 0.15) is 5.82 Å². The lowest BCUT2D eigenvalue weighted by molar-refractivity contribution is 0.295. The van der Waals surface area contributed by atoms with Gasteiger partial charge in [0, 0.05) is 19.0 Å². The van der Waals surface area contributed by atoms with Gasteiger partial charge in [-0.25, -0.2) is 4.98 Å². The highest BCUT2D eigenvalue weighted by Gasteiger charge is 2.14. The summed E-state index contributed by atoms with van der Waals surface area (Å²) in [6, 6.07) is 7.81. The summed E-state index contributed by atoms with van der Waals surface area (Å²) in [6.07, 6.45) is 0.547. The van der Waals surface area contributed by atoms with E-state index >= 15 is 0 Å². The number of hydrogen-bond donors (Lipinski definition) is 1. The zero-order chi connectivity index (χ0) is 13.1. The number of aliphatic hydroxyl groups excluding tert-OH is 1. The summed E-state index contributed by atoms with van der Waals surface area (Å²) in [5.41, 5.74) is 2.06. The Morgan fingerprint density at radius 3 is 2.56 bits per heavy atom. The van der Waals surface area contributed by atoms with E-state index < -0.39 is 0 Å². The van der Waals surface area contributed by atoms with Crippen LogP contribution in [0.15, 0.2) is 28.9 Å². The Bertz CT molecular complexity index is 535. The lowest BCUT2D eigenvalue weighted by Gasteiger charge is -2.06. The molecular formula is C13H15BrN2O2. The van der Waals surface area contributed by atoms with Crippen LogP contribution in [0.2, 0.25) is 0 Å². The Kier molecular flexibility index (Phi) is 4.04. The first-order valence-corrected chi connectivity index (χ1v) is 6.43. The van der Waals surface area contributed by atoms with E-state index in [1.807, 2.05) is 35.9 Å². The topological polar surface area (TPSA) is 47.3 Å². The number of hydrogen-bond acceptors (Lipinski definition) is 3. The van der Waals surface area contributed by atoms with Crippen LogP contribution in [0.4, 0.5) is 0 Å². The van der Waals surface area contributed by atoms with Crippen LogP contribution < -0.4 is 4.74 Å². The third-order valence-electron chi connectivity index (χ3n) is 2.84. The van der Waals surface area contributed by atoms with Crippen molar-refractivity contribution in [2.75, 3.05) is 13.7 Å². The van der Waals surface area contributed by atoms with E-state index in [1.54, 1.807) is 7.11 Å². The molecule has 2 rings (SSSR count). The minimum absolute atomic E-state index is 0.0966. The number of ether oxygens (including phenoxy) is 1. The molecule has 0 aliphatic rings. The zero-order valence-electron chi connectivity index (χ0n) is 10.4. The van der Waals surface area contributed by atoms with Gasteiger partial charge in [0.25, 0.3) is 0 Å². The molecule has 0 atom stereocenters. The molecule has 1 N–H and O–H groups in total. The van der Waals surface area contributed by atoms with E-state index in [1.165, 1.54) is 0 Å². The molecule has 0 bridgehead atoms. The monoisotopic (exact) mass is 310 g/mol. The molecule has 0 aliphatic carbocycles. The molecule has 0 saturated heterocycles. The molecule has 0 saturated carbocycles. The molecule has 0 fully saturated rings. The van der Waals surface area contributed by atoms with Gasteiger partial charge in [0.2, 0.25) is 0 Å². The number of nitrogens with zero attached hydrogens (tertiary/aromatic N) is 2. The van der Waals surface area contributed by atoms with Crippen LogP contribution >= 0.6 is 15.9 Å². The second-order valence-electron chi connectivity index (χ2n) is 3.93. The van der Waals surface area contributed by atoms with Crippen LogP contribution in [0.5, 0.6) is 5.75 Å². The average molecular weight is 311 g/mol. The molecule has 18 heavy (non-hydrogen) atoms. The van der Waals surface area contributed by atoms with Crippen LogP contribution in [0, 0.1) is 0 Å². The third kappa shape index (κ3) is 2.42. The summed E-state index contributed by atoms with van der Waals surface area (Å²) < 4.78 is 7.92. The molecule has 1 aromatic heterocycles. The van der Waals surface area contributed by atoms with Gasteiger partial charge in [0.05, 0.1) is 19.4 Å². The van der Waals surface area contributed by atoms with Crippen LogP contribution in [0.25, 0.3) is 11.3 Å². The van der Waals surface area contributed by atoms with Crippen molar-refractivity contribution < 1.29 is 9.84 Å². The van der Waals surface area contributed by atoms with Crippen LogP contribution in [-0.2, 0) is 13.5 Å². The first-order chi connectivity index (χ1) is 8.67. The Labute approximate surface area is 114 Å². The van der Waals surface area contributed by atoms with E-state index in [-0.39, 0.29) is 6.61 Å². The minimum atomic E-state index is 0.0966. The molecule has 0 radical (unpaired) electrons. The third-order valence-corrected chi connectivity index (χ3v) is 3.40. The average Bonchev–Trinajstić information content (AvgIpc) is 2.65. The fourth-order valence-electron chi connectivity index (χ4n) is 1.89. The van der Waals surface area contributed by atoms with E-state index in [0.29, 0.717) is 6.42 Å². The van der Waals surface area contributed by atoms with Gasteiger partial charge in [-0.1, -0.05) is 0 Å². The van der Waals surface area contributed by atoms with Gasteiger partial charge in [0.1, 0.15) is 16.2 Å². The smallest absolute Gasteiger partial charge is 0.132 e. The Morgan fingerprint density at radius 1 is 1.33 bits per heavy atom. The number of rotatable bonds is 4. The predicted molar refractivity (Wildman–Crippen MR) is 73.7 cm³/mol. The van der Waals surface area contributed by atoms with Crippen molar-refractivity contribution in [3.05, 3.63) is 34.7 Å². The van der Waals surface area contributed by atoms with E-state index in [2.05, 4.69) is 20.9 Å². The number of aromatic nitrogens is 2. The molecule has 1 aromatic carbocycles. The summed E-state index contributed by atoms with van der Waals surface area (Å²) in [4.78, 5) is 4.41. The Morgan fingerprint density at radius 2 is 2.00 bits per heavy atom.